The van der Waals surface area contributed by atoms with Crippen LogP contribution in [0.1, 0.15) is 58.3 Å². The number of carbonyl (C=O) groups is 1. The van der Waals surface area contributed by atoms with Crippen molar-refractivity contribution in [2.24, 2.45) is 0 Å². The number of nitriles is 1. The molecule has 10 heteroatoms. The van der Waals surface area contributed by atoms with E-state index < -0.39 is 5.97 Å². The number of hydrogen-bond donors (Lipinski definition) is 2. The summed E-state index contributed by atoms with van der Waals surface area (Å²) in [5.41, 5.74) is 4.53. The third-order valence-corrected chi connectivity index (χ3v) is 6.74. The Labute approximate surface area is 218 Å². The molecule has 4 aromatic rings. The summed E-state index contributed by atoms with van der Waals surface area (Å²) in [5, 5.41) is 22.8. The SMILES string of the molecule is Cc1cc([C@@H](C)Nc2ccc(Cl)nc2C(=O)O)c2nc(N3CCC(c4ccccn4)C3)c(C#N)nc2c1. The number of benzene rings is 1. The number of nitrogens with zero attached hydrogens (tertiary/aromatic N) is 6. The average Bonchev–Trinajstić information content (AvgIpc) is 3.39. The minimum atomic E-state index is -1.18. The van der Waals surface area contributed by atoms with E-state index in [4.69, 9.17) is 16.6 Å². The number of anilines is 2. The first-order chi connectivity index (χ1) is 17.8. The minimum Gasteiger partial charge on any atom is -0.476 e. The third-order valence-electron chi connectivity index (χ3n) is 6.53. The van der Waals surface area contributed by atoms with Crippen LogP contribution in [0.3, 0.4) is 0 Å². The predicted octanol–water partition coefficient (Wildman–Crippen LogP) is 5.12. The van der Waals surface area contributed by atoms with E-state index in [1.807, 2.05) is 44.2 Å². The number of carboxylic acid groups (broad SMARTS) is 1. The maximum absolute atomic E-state index is 11.7. The minimum absolute atomic E-state index is 0.103. The lowest BCUT2D eigenvalue weighted by Crippen LogP contribution is -2.23. The number of halogens is 1. The van der Waals surface area contributed by atoms with E-state index in [-0.39, 0.29) is 28.5 Å². The summed E-state index contributed by atoms with van der Waals surface area (Å²) in [7, 11) is 0. The van der Waals surface area contributed by atoms with E-state index in [9.17, 15) is 15.2 Å². The fraction of sp³-hybridized carbons (Fsp3) is 0.259. The van der Waals surface area contributed by atoms with Crippen LogP contribution < -0.4 is 10.2 Å². The molecule has 0 aliphatic carbocycles. The van der Waals surface area contributed by atoms with Crippen molar-refractivity contribution >= 4 is 40.1 Å². The molecule has 0 radical (unpaired) electrons. The van der Waals surface area contributed by atoms with E-state index in [0.29, 0.717) is 29.1 Å². The van der Waals surface area contributed by atoms with Crippen LogP contribution in [0, 0.1) is 18.3 Å². The monoisotopic (exact) mass is 513 g/mol. The summed E-state index contributed by atoms with van der Waals surface area (Å²) in [4.78, 5) is 31.9. The molecule has 1 unspecified atom stereocenters. The van der Waals surface area contributed by atoms with Gasteiger partial charge in [0.15, 0.2) is 17.2 Å². The Morgan fingerprint density at radius 1 is 1.24 bits per heavy atom. The Balaban J connectivity index is 1.53. The molecule has 1 aromatic carbocycles. The van der Waals surface area contributed by atoms with Crippen LogP contribution >= 0.6 is 11.6 Å². The van der Waals surface area contributed by atoms with Crippen molar-refractivity contribution in [3.05, 3.63) is 82.0 Å². The number of aryl methyl sites for hydroxylation is 1. The smallest absolute Gasteiger partial charge is 0.356 e. The van der Waals surface area contributed by atoms with Gasteiger partial charge in [0.05, 0.1) is 22.8 Å². The maximum atomic E-state index is 11.7. The fourth-order valence-electron chi connectivity index (χ4n) is 4.79. The van der Waals surface area contributed by atoms with Gasteiger partial charge in [-0.2, -0.15) is 5.26 Å². The van der Waals surface area contributed by atoms with Gasteiger partial charge in [0.1, 0.15) is 11.2 Å². The molecule has 186 valence electrons. The third kappa shape index (κ3) is 4.88. The first kappa shape index (κ1) is 24.4. The van der Waals surface area contributed by atoms with Gasteiger partial charge in [-0.3, -0.25) is 4.98 Å². The van der Waals surface area contributed by atoms with Gasteiger partial charge >= 0.3 is 5.97 Å². The molecule has 2 atom stereocenters. The van der Waals surface area contributed by atoms with E-state index in [1.54, 1.807) is 18.3 Å². The Morgan fingerprint density at radius 3 is 2.81 bits per heavy atom. The number of hydrogen-bond acceptors (Lipinski definition) is 8. The lowest BCUT2D eigenvalue weighted by molar-refractivity contribution is 0.0691. The molecule has 0 amide bonds. The van der Waals surface area contributed by atoms with Gasteiger partial charge < -0.3 is 15.3 Å². The molecule has 3 aromatic heterocycles. The van der Waals surface area contributed by atoms with Crippen LogP contribution in [0.25, 0.3) is 11.0 Å². The summed E-state index contributed by atoms with van der Waals surface area (Å²) in [6.07, 6.45) is 2.70. The maximum Gasteiger partial charge on any atom is 0.356 e. The molecule has 2 N–H and O–H groups in total. The van der Waals surface area contributed by atoms with Crippen molar-refractivity contribution in [3.8, 4) is 6.07 Å². The standard InChI is InChI=1S/C27H24ClN7O2/c1-15-11-18(16(2)31-20-6-7-23(28)33-25(20)27(36)37)24-21(12-15)32-22(13-29)26(34-24)35-10-8-17(14-35)19-5-3-4-9-30-19/h3-7,9,11-12,16-17,31H,8,10,14H2,1-2H3,(H,36,37)/t16-,17?/m1/s1. The molecule has 1 saturated heterocycles. The fourth-order valence-corrected chi connectivity index (χ4v) is 4.93. The second-order valence-corrected chi connectivity index (χ2v) is 9.50. The van der Waals surface area contributed by atoms with Crippen LogP contribution in [0.2, 0.25) is 5.15 Å². The zero-order valence-corrected chi connectivity index (χ0v) is 21.1. The van der Waals surface area contributed by atoms with Crippen LogP contribution in [0.15, 0.2) is 48.7 Å². The number of carboxylic acids is 1. The number of aromatic carboxylic acids is 1. The molecule has 1 aliphatic heterocycles. The second kappa shape index (κ2) is 9.99. The highest BCUT2D eigenvalue weighted by atomic mass is 35.5. The van der Waals surface area contributed by atoms with Crippen LogP contribution in [0.5, 0.6) is 0 Å². The van der Waals surface area contributed by atoms with E-state index in [1.165, 1.54) is 0 Å². The largest absolute Gasteiger partial charge is 0.476 e. The first-order valence-corrected chi connectivity index (χ1v) is 12.3. The highest BCUT2D eigenvalue weighted by Crippen LogP contribution is 2.34. The van der Waals surface area contributed by atoms with E-state index in [2.05, 4.69) is 31.2 Å². The quantitative estimate of drug-likeness (QED) is 0.337. The Hall–Kier alpha value is -4.29. The highest BCUT2D eigenvalue weighted by molar-refractivity contribution is 6.29. The Kier molecular flexibility index (Phi) is 6.59. The number of fused-ring (bicyclic) bond motifs is 1. The topological polar surface area (TPSA) is 128 Å². The number of nitrogens with one attached hydrogen (secondary N) is 1. The lowest BCUT2D eigenvalue weighted by Gasteiger charge is -2.22. The molecule has 0 spiro atoms. The van der Waals surface area contributed by atoms with Crippen molar-refractivity contribution < 1.29 is 9.90 Å². The van der Waals surface area contributed by atoms with E-state index in [0.717, 1.165) is 29.8 Å². The lowest BCUT2D eigenvalue weighted by atomic mass is 10.0. The zero-order valence-electron chi connectivity index (χ0n) is 20.3. The van der Waals surface area contributed by atoms with Crippen molar-refractivity contribution in [2.75, 3.05) is 23.3 Å². The molecule has 1 aliphatic rings. The van der Waals surface area contributed by atoms with Crippen LogP contribution in [-0.2, 0) is 0 Å². The van der Waals surface area contributed by atoms with Crippen molar-refractivity contribution in [3.63, 3.8) is 0 Å². The number of aromatic nitrogens is 4. The summed E-state index contributed by atoms with van der Waals surface area (Å²) >= 11 is 5.92. The van der Waals surface area contributed by atoms with Crippen molar-refractivity contribution in [2.45, 2.75) is 32.2 Å². The predicted molar refractivity (Wildman–Crippen MR) is 141 cm³/mol. The molecule has 0 saturated carbocycles. The Bertz CT molecular complexity index is 1540. The summed E-state index contributed by atoms with van der Waals surface area (Å²) in [6.45, 7) is 5.30. The molecular weight excluding hydrogens is 490 g/mol. The summed E-state index contributed by atoms with van der Waals surface area (Å²) in [6, 6.07) is 14.8. The van der Waals surface area contributed by atoms with Gasteiger partial charge in [0.25, 0.3) is 0 Å². The Morgan fingerprint density at radius 2 is 2.08 bits per heavy atom. The number of pyridine rings is 2. The molecule has 9 nitrogen and oxygen atoms in total. The second-order valence-electron chi connectivity index (χ2n) is 9.12. The van der Waals surface area contributed by atoms with Gasteiger partial charge in [-0.1, -0.05) is 23.7 Å². The molecule has 1 fully saturated rings. The molecule has 37 heavy (non-hydrogen) atoms. The van der Waals surface area contributed by atoms with Crippen molar-refractivity contribution in [1.82, 2.24) is 19.9 Å². The van der Waals surface area contributed by atoms with E-state index >= 15 is 0 Å². The summed E-state index contributed by atoms with van der Waals surface area (Å²) in [5.74, 6) is -0.385. The van der Waals surface area contributed by atoms with Gasteiger partial charge in [0, 0.05) is 36.5 Å². The normalized spacial score (nSPS) is 15.9. The molecule has 4 heterocycles. The van der Waals surface area contributed by atoms with Gasteiger partial charge in [-0.15, -0.1) is 0 Å². The molecular formula is C27H24ClN7O2. The first-order valence-electron chi connectivity index (χ1n) is 11.9. The average molecular weight is 514 g/mol. The van der Waals surface area contributed by atoms with Crippen LogP contribution in [0.4, 0.5) is 11.5 Å². The zero-order chi connectivity index (χ0) is 26.1. The summed E-state index contributed by atoms with van der Waals surface area (Å²) < 4.78 is 0. The van der Waals surface area contributed by atoms with Crippen molar-refractivity contribution in [1.29, 1.82) is 5.26 Å². The van der Waals surface area contributed by atoms with Gasteiger partial charge in [-0.25, -0.2) is 19.7 Å². The van der Waals surface area contributed by atoms with Gasteiger partial charge in [-0.05, 0) is 56.2 Å². The highest BCUT2D eigenvalue weighted by Gasteiger charge is 2.29. The van der Waals surface area contributed by atoms with Gasteiger partial charge in [0.2, 0.25) is 0 Å². The van der Waals surface area contributed by atoms with Crippen LogP contribution in [-0.4, -0.2) is 44.1 Å². The molecule has 5 rings (SSSR count). The molecule has 0 bridgehead atoms. The number of rotatable bonds is 6.